The normalized spacial score (nSPS) is 19.6. The molecule has 0 unspecified atom stereocenters. The Morgan fingerprint density at radius 1 is 0.714 bits per heavy atom. The third-order valence-electron chi connectivity index (χ3n) is 5.83. The number of ether oxygens (including phenoxy) is 2. The summed E-state index contributed by atoms with van der Waals surface area (Å²) >= 11 is 0. The Labute approximate surface area is 173 Å². The molecule has 1 aliphatic carbocycles. The molecule has 28 heavy (non-hydrogen) atoms. The number of hydrogen-bond donors (Lipinski definition) is 0. The molecule has 0 aromatic rings. The van der Waals surface area contributed by atoms with Crippen LogP contribution in [0.15, 0.2) is 0 Å². The predicted molar refractivity (Wildman–Crippen MR) is 114 cm³/mol. The second kappa shape index (κ2) is 15.8. The molecular formula is C24H44O4. The minimum atomic E-state index is -0.0813. The van der Waals surface area contributed by atoms with Crippen LogP contribution >= 0.6 is 0 Å². The fourth-order valence-corrected chi connectivity index (χ4v) is 3.78. The summed E-state index contributed by atoms with van der Waals surface area (Å²) < 4.78 is 10.8. The zero-order valence-corrected chi connectivity index (χ0v) is 18.7. The maximum absolute atomic E-state index is 12.2. The van der Waals surface area contributed by atoms with Gasteiger partial charge in [-0.25, -0.2) is 0 Å². The fraction of sp³-hybridized carbons (Fsp3) is 0.917. The van der Waals surface area contributed by atoms with Gasteiger partial charge in [0.05, 0.1) is 25.0 Å². The molecule has 1 rings (SSSR count). The summed E-state index contributed by atoms with van der Waals surface area (Å²) in [6.07, 6.45) is 15.3. The van der Waals surface area contributed by atoms with Gasteiger partial charge in [0.2, 0.25) is 0 Å². The highest BCUT2D eigenvalue weighted by Crippen LogP contribution is 2.30. The number of rotatable bonds is 15. The second-order valence-corrected chi connectivity index (χ2v) is 8.89. The van der Waals surface area contributed by atoms with Gasteiger partial charge in [0, 0.05) is 0 Å². The monoisotopic (exact) mass is 396 g/mol. The first-order valence-electron chi connectivity index (χ1n) is 11.9. The van der Waals surface area contributed by atoms with E-state index in [1.165, 1.54) is 44.9 Å². The van der Waals surface area contributed by atoms with Gasteiger partial charge < -0.3 is 9.47 Å². The number of unbranched alkanes of at least 4 members (excludes halogenated alkanes) is 8. The molecule has 0 radical (unpaired) electrons. The first-order valence-corrected chi connectivity index (χ1v) is 11.9. The Morgan fingerprint density at radius 2 is 1.14 bits per heavy atom. The molecular weight excluding hydrogens is 352 g/mol. The standard InChI is InChI=1S/C24H44O4/c1-4-5-6-7-8-9-10-11-12-18-27-23(25)21-13-15-22(16-14-21)24(26)28-19-17-20(2)3/h20-22H,4-19H2,1-3H3. The Hall–Kier alpha value is -1.06. The molecule has 0 atom stereocenters. The van der Waals surface area contributed by atoms with Crippen molar-refractivity contribution >= 4 is 11.9 Å². The van der Waals surface area contributed by atoms with E-state index in [0.717, 1.165) is 44.9 Å². The van der Waals surface area contributed by atoms with Gasteiger partial charge >= 0.3 is 11.9 Å². The minimum absolute atomic E-state index is 0.0294. The Balaban J connectivity index is 2.01. The molecule has 4 heteroatoms. The van der Waals surface area contributed by atoms with Crippen LogP contribution in [0.1, 0.15) is 111 Å². The lowest BCUT2D eigenvalue weighted by atomic mass is 9.82. The van der Waals surface area contributed by atoms with E-state index in [-0.39, 0.29) is 23.8 Å². The highest BCUT2D eigenvalue weighted by atomic mass is 16.5. The highest BCUT2D eigenvalue weighted by Gasteiger charge is 2.31. The molecule has 0 bridgehead atoms. The molecule has 0 aromatic carbocycles. The Kier molecular flexibility index (Phi) is 14.1. The maximum atomic E-state index is 12.2. The van der Waals surface area contributed by atoms with E-state index in [1.807, 2.05) is 0 Å². The topological polar surface area (TPSA) is 52.6 Å². The molecule has 0 N–H and O–H groups in total. The lowest BCUT2D eigenvalue weighted by Crippen LogP contribution is -2.28. The molecule has 0 heterocycles. The van der Waals surface area contributed by atoms with Crippen molar-refractivity contribution in [2.45, 2.75) is 111 Å². The van der Waals surface area contributed by atoms with Crippen molar-refractivity contribution in [3.8, 4) is 0 Å². The Bertz CT molecular complexity index is 411. The van der Waals surface area contributed by atoms with E-state index in [2.05, 4.69) is 20.8 Å². The van der Waals surface area contributed by atoms with Crippen LogP contribution in [-0.4, -0.2) is 25.2 Å². The summed E-state index contributed by atoms with van der Waals surface area (Å²) in [6.45, 7) is 7.55. The van der Waals surface area contributed by atoms with E-state index < -0.39 is 0 Å². The van der Waals surface area contributed by atoms with Crippen LogP contribution in [0, 0.1) is 17.8 Å². The third kappa shape index (κ3) is 11.7. The zero-order chi connectivity index (χ0) is 20.6. The molecule has 4 nitrogen and oxygen atoms in total. The summed E-state index contributed by atoms with van der Waals surface area (Å²) in [4.78, 5) is 24.3. The first kappa shape index (κ1) is 25.0. The lowest BCUT2D eigenvalue weighted by molar-refractivity contribution is -0.155. The summed E-state index contributed by atoms with van der Waals surface area (Å²) in [7, 11) is 0. The molecule has 0 aromatic heterocycles. The van der Waals surface area contributed by atoms with Gasteiger partial charge in [-0.2, -0.15) is 0 Å². The number of hydrogen-bond acceptors (Lipinski definition) is 4. The molecule has 0 saturated heterocycles. The zero-order valence-electron chi connectivity index (χ0n) is 18.7. The molecule has 1 fully saturated rings. The number of esters is 2. The van der Waals surface area contributed by atoms with E-state index in [4.69, 9.17) is 9.47 Å². The van der Waals surface area contributed by atoms with Crippen LogP contribution in [0.5, 0.6) is 0 Å². The molecule has 0 amide bonds. The summed E-state index contributed by atoms with van der Waals surface area (Å²) in [6, 6.07) is 0. The van der Waals surface area contributed by atoms with E-state index in [1.54, 1.807) is 0 Å². The van der Waals surface area contributed by atoms with Gasteiger partial charge in [-0.1, -0.05) is 72.1 Å². The molecule has 0 spiro atoms. The van der Waals surface area contributed by atoms with Crippen LogP contribution in [0.4, 0.5) is 0 Å². The van der Waals surface area contributed by atoms with Gasteiger partial charge in [0.1, 0.15) is 0 Å². The summed E-state index contributed by atoms with van der Waals surface area (Å²) in [5, 5.41) is 0. The molecule has 0 aliphatic heterocycles. The van der Waals surface area contributed by atoms with Gasteiger partial charge in [0.15, 0.2) is 0 Å². The van der Waals surface area contributed by atoms with Crippen molar-refractivity contribution < 1.29 is 19.1 Å². The van der Waals surface area contributed by atoms with Crippen LogP contribution in [0.2, 0.25) is 0 Å². The van der Waals surface area contributed by atoms with Crippen LogP contribution in [0.3, 0.4) is 0 Å². The minimum Gasteiger partial charge on any atom is -0.465 e. The second-order valence-electron chi connectivity index (χ2n) is 8.89. The molecule has 1 saturated carbocycles. The van der Waals surface area contributed by atoms with E-state index in [0.29, 0.717) is 19.1 Å². The quantitative estimate of drug-likeness (QED) is 0.235. The third-order valence-corrected chi connectivity index (χ3v) is 5.83. The van der Waals surface area contributed by atoms with Crippen LogP contribution < -0.4 is 0 Å². The van der Waals surface area contributed by atoms with E-state index >= 15 is 0 Å². The highest BCUT2D eigenvalue weighted by molar-refractivity contribution is 5.75. The van der Waals surface area contributed by atoms with Gasteiger partial charge in [-0.3, -0.25) is 9.59 Å². The largest absolute Gasteiger partial charge is 0.465 e. The number of carbonyl (C=O) groups is 2. The fourth-order valence-electron chi connectivity index (χ4n) is 3.78. The van der Waals surface area contributed by atoms with Crippen molar-refractivity contribution in [2.24, 2.45) is 17.8 Å². The smallest absolute Gasteiger partial charge is 0.308 e. The molecule has 164 valence electrons. The van der Waals surface area contributed by atoms with Gasteiger partial charge in [-0.05, 0) is 44.4 Å². The van der Waals surface area contributed by atoms with Crippen molar-refractivity contribution in [1.29, 1.82) is 0 Å². The van der Waals surface area contributed by atoms with Crippen molar-refractivity contribution in [2.75, 3.05) is 13.2 Å². The lowest BCUT2D eigenvalue weighted by Gasteiger charge is -2.26. The van der Waals surface area contributed by atoms with Crippen molar-refractivity contribution in [3.05, 3.63) is 0 Å². The predicted octanol–water partition coefficient (Wildman–Crippen LogP) is 6.46. The van der Waals surface area contributed by atoms with Gasteiger partial charge in [0.25, 0.3) is 0 Å². The maximum Gasteiger partial charge on any atom is 0.308 e. The summed E-state index contributed by atoms with van der Waals surface area (Å²) in [5.74, 6) is 0.337. The average Bonchev–Trinajstić information content (AvgIpc) is 2.69. The van der Waals surface area contributed by atoms with Crippen LogP contribution in [-0.2, 0) is 19.1 Å². The Morgan fingerprint density at radius 3 is 1.61 bits per heavy atom. The number of carbonyl (C=O) groups excluding carboxylic acids is 2. The van der Waals surface area contributed by atoms with Crippen molar-refractivity contribution in [3.63, 3.8) is 0 Å². The molecule has 1 aliphatic rings. The van der Waals surface area contributed by atoms with E-state index in [9.17, 15) is 9.59 Å². The van der Waals surface area contributed by atoms with Crippen molar-refractivity contribution in [1.82, 2.24) is 0 Å². The van der Waals surface area contributed by atoms with Gasteiger partial charge in [-0.15, -0.1) is 0 Å². The SMILES string of the molecule is CCCCCCCCCCCOC(=O)C1CCC(C(=O)OCCC(C)C)CC1. The van der Waals surface area contributed by atoms with Crippen LogP contribution in [0.25, 0.3) is 0 Å². The first-order chi connectivity index (χ1) is 13.5. The summed E-state index contributed by atoms with van der Waals surface area (Å²) in [5.41, 5.74) is 0. The average molecular weight is 397 g/mol.